The van der Waals surface area contributed by atoms with Gasteiger partial charge in [-0.05, 0) is 0 Å². The molecule has 0 amide bonds. The molecule has 384 valence electrons. The number of rotatable bonds is 6. The smallest absolute Gasteiger partial charge is 0.187 e. The lowest BCUT2D eigenvalue weighted by atomic mass is 9.95. The van der Waals surface area contributed by atoms with Crippen LogP contribution >= 0.6 is 136 Å². The molecule has 0 aromatic heterocycles. The van der Waals surface area contributed by atoms with Crippen LogP contribution in [0.1, 0.15) is 0 Å². The predicted octanol–water partition coefficient (Wildman–Crippen LogP) is -4.40. The van der Waals surface area contributed by atoms with E-state index in [1.807, 2.05) is 136 Å². The molecule has 22 heterocycles. The highest BCUT2D eigenvalue weighted by Crippen LogP contribution is 2.39. The first-order valence-electron chi connectivity index (χ1n) is 20.8. The van der Waals surface area contributed by atoms with Gasteiger partial charge < -0.3 is 118 Å². The van der Waals surface area contributed by atoms with Crippen molar-refractivity contribution in [2.75, 3.05) is 26.6 Å². The Kier molecular flexibility index (Phi) is 21.7. The molecule has 30 heteroatoms. The number of ether oxygens (including phenoxy) is 12. The molecular weight excluding hydrogens is 1580 g/mol. The van der Waals surface area contributed by atoms with E-state index in [0.29, 0.717) is 0 Å². The zero-order valence-corrected chi connectivity index (χ0v) is 47.0. The van der Waals surface area contributed by atoms with Crippen LogP contribution in [0.4, 0.5) is 0 Å². The zero-order chi connectivity index (χ0) is 48.0. The van der Waals surface area contributed by atoms with Gasteiger partial charge in [0.15, 0.2) is 37.7 Å². The largest absolute Gasteiger partial charge is 0.387 e. The van der Waals surface area contributed by atoms with Crippen molar-refractivity contribution in [1.29, 1.82) is 0 Å². The normalized spacial score (nSPS) is 55.4. The molecule has 0 aromatic carbocycles. The lowest BCUT2D eigenvalue weighted by molar-refractivity contribution is -0.396. The Bertz CT molecular complexity index is 1260. The molecule has 0 spiro atoms. The molecule has 22 rings (SSSR count). The number of hydrogen-bond acceptors (Lipinski definition) is 24. The summed E-state index contributed by atoms with van der Waals surface area (Å²) >= 11 is 11.7. The van der Waals surface area contributed by atoms with Crippen LogP contribution in [-0.2, 0) is 56.8 Å². The van der Waals surface area contributed by atoms with E-state index in [-0.39, 0.29) is 26.6 Å². The van der Waals surface area contributed by atoms with Gasteiger partial charge in [-0.15, -0.1) is 0 Å². The topological polar surface area (TPSA) is 354 Å². The SMILES string of the molecule is O[C@@H]1[C@@H](O)[C@H]2O[C@H]3[C@H](O)[C@@H](O)[C@@H](O[C@H]4[C@H](O)[C@@H](O)[C@@H](O[C@H]5[C@H](O)[C@@H](O)[C@@H](O[C@H]6[C@H](O)[C@@H](O)[C@@H](O[C@H]7[C@H](O)[C@@H](O)[C@@H](O[C@@H]1[C@@H](CI)O2)O[C@@H]7CI)O[C@@H]6CI)O[C@@H]5CI)O[C@@H]4CI)O[C@@H]3CI. The second-order valence-corrected chi connectivity index (χ2v) is 22.0. The highest BCUT2D eigenvalue weighted by molar-refractivity contribution is 14.1. The maximum absolute atomic E-state index is 11.5. The van der Waals surface area contributed by atoms with Gasteiger partial charge in [0.25, 0.3) is 0 Å². The molecule has 0 saturated carbocycles. The van der Waals surface area contributed by atoms with Crippen LogP contribution in [-0.4, -0.2) is 272 Å². The molecule has 0 unspecified atom stereocenters. The lowest BCUT2D eigenvalue weighted by Crippen LogP contribution is -2.68. The lowest BCUT2D eigenvalue weighted by Gasteiger charge is -2.51. The predicted molar refractivity (Wildman–Crippen MR) is 267 cm³/mol. The van der Waals surface area contributed by atoms with Gasteiger partial charge in [0.1, 0.15) is 110 Å². The minimum absolute atomic E-state index is 0.117. The van der Waals surface area contributed by atoms with Crippen molar-refractivity contribution in [2.24, 2.45) is 0 Å². The minimum Gasteiger partial charge on any atom is -0.387 e. The highest BCUT2D eigenvalue weighted by atomic mass is 127. The third-order valence-corrected chi connectivity index (χ3v) is 17.7. The first kappa shape index (κ1) is 57.1. The van der Waals surface area contributed by atoms with E-state index in [1.54, 1.807) is 0 Å². The van der Waals surface area contributed by atoms with E-state index >= 15 is 0 Å². The second-order valence-electron chi connectivity index (χ2n) is 16.7. The van der Waals surface area contributed by atoms with Gasteiger partial charge in [-0.3, -0.25) is 0 Å². The molecule has 0 aliphatic carbocycles. The first-order valence-corrected chi connectivity index (χ1v) is 30.0. The van der Waals surface area contributed by atoms with Gasteiger partial charge in [-0.1, -0.05) is 136 Å². The van der Waals surface area contributed by atoms with E-state index in [9.17, 15) is 61.3 Å². The van der Waals surface area contributed by atoms with Crippen LogP contribution < -0.4 is 0 Å². The van der Waals surface area contributed by atoms with Gasteiger partial charge >= 0.3 is 0 Å². The average molecular weight is 1630 g/mol. The molecule has 12 bridgehead atoms. The summed E-state index contributed by atoms with van der Waals surface area (Å²) in [5.41, 5.74) is 0. The molecule has 0 radical (unpaired) electrons. The van der Waals surface area contributed by atoms with Gasteiger partial charge in [-0.25, -0.2) is 0 Å². The first-order chi connectivity index (χ1) is 31.4. The molecule has 22 aliphatic rings. The maximum atomic E-state index is 11.5. The zero-order valence-electron chi connectivity index (χ0n) is 34.1. The number of aliphatic hydroxyl groups excluding tert-OH is 12. The summed E-state index contributed by atoms with van der Waals surface area (Å²) in [7, 11) is 0. The average Bonchev–Trinajstić information content (AvgIpc) is 3.31. The molecule has 24 nitrogen and oxygen atoms in total. The monoisotopic (exact) mass is 1630 g/mol. The van der Waals surface area contributed by atoms with E-state index in [4.69, 9.17) is 56.8 Å². The molecule has 0 aromatic rings. The van der Waals surface area contributed by atoms with Crippen molar-refractivity contribution in [3.05, 3.63) is 0 Å². The van der Waals surface area contributed by atoms with Gasteiger partial charge in [0, 0.05) is 26.6 Å². The van der Waals surface area contributed by atoms with Crippen LogP contribution in [0.15, 0.2) is 0 Å². The van der Waals surface area contributed by atoms with E-state index < -0.39 is 184 Å². The Morgan fingerprint density at radius 2 is 0.318 bits per heavy atom. The number of halogens is 6. The Morgan fingerprint density at radius 3 is 0.424 bits per heavy atom. The Labute approximate surface area is 459 Å². The number of hydrogen-bond donors (Lipinski definition) is 12. The van der Waals surface area contributed by atoms with E-state index in [2.05, 4.69) is 0 Å². The van der Waals surface area contributed by atoms with Crippen LogP contribution in [0.5, 0.6) is 0 Å². The number of alkyl halides is 6. The summed E-state index contributed by atoms with van der Waals surface area (Å²) < 4.78 is 73.3. The third-order valence-electron chi connectivity index (χ3n) is 12.5. The summed E-state index contributed by atoms with van der Waals surface area (Å²) in [6.45, 7) is 0. The molecule has 66 heavy (non-hydrogen) atoms. The molecule has 30 atom stereocenters. The van der Waals surface area contributed by atoms with E-state index in [1.165, 1.54) is 0 Å². The van der Waals surface area contributed by atoms with Crippen LogP contribution in [0, 0.1) is 0 Å². The molecular formula is C36H54I6O24. The molecule has 12 N–H and O–H groups in total. The quantitative estimate of drug-likeness (QED) is 0.0883. The fourth-order valence-corrected chi connectivity index (χ4v) is 13.0. The van der Waals surface area contributed by atoms with Gasteiger partial charge in [0.05, 0.1) is 36.6 Å². The minimum atomic E-state index is -1.85. The van der Waals surface area contributed by atoms with Gasteiger partial charge in [0.2, 0.25) is 0 Å². The Morgan fingerprint density at radius 1 is 0.197 bits per heavy atom. The fourth-order valence-electron chi connectivity index (χ4n) is 8.79. The van der Waals surface area contributed by atoms with E-state index in [0.717, 1.165) is 0 Å². The summed E-state index contributed by atoms with van der Waals surface area (Å²) in [6.07, 6.45) is -46.3. The Balaban J connectivity index is 1.19. The summed E-state index contributed by atoms with van der Waals surface area (Å²) in [6, 6.07) is 0. The van der Waals surface area contributed by atoms with Crippen molar-refractivity contribution in [3.8, 4) is 0 Å². The standard InChI is InChI=1S/C36H54I6O24/c37-1-7-25-13(43)19(49)31(55-7)62-26-8(2-38)57-33(21(51)15(26)45)64-28-10(4-40)59-35(23(53)17(28)47)66-30-12(6-42)60-36(24(54)18(30)48)65-29-11(5-41)58-34(22(52)16(29)46)63-27-9(3-39)56-32(61-25)20(50)14(27)44/h7-36,43-54H,1-6H2/t7-,8-,9-,10-,11-,12-,13-,14-,15-,16-,17-,18-,19-,20-,21-,22-,23-,24-,25-,26-,27-,28-,29-,30-,31-,32-,33-,34-,35-,36-/m1/s1. The van der Waals surface area contributed by atoms with Crippen molar-refractivity contribution in [3.63, 3.8) is 0 Å². The Hall–Kier alpha value is 3.42. The maximum Gasteiger partial charge on any atom is 0.187 e. The van der Waals surface area contributed by atoms with Crippen molar-refractivity contribution < 1.29 is 118 Å². The highest BCUT2D eigenvalue weighted by Gasteiger charge is 2.58. The summed E-state index contributed by atoms with van der Waals surface area (Å²) in [5, 5.41) is 137. The van der Waals surface area contributed by atoms with Crippen LogP contribution in [0.25, 0.3) is 0 Å². The van der Waals surface area contributed by atoms with Crippen molar-refractivity contribution in [1.82, 2.24) is 0 Å². The molecule has 22 fully saturated rings. The summed E-state index contributed by atoms with van der Waals surface area (Å²) in [4.78, 5) is 0. The number of aliphatic hydroxyl groups is 12. The third kappa shape index (κ3) is 11.7. The molecule has 22 aliphatic heterocycles. The van der Waals surface area contributed by atoms with Crippen LogP contribution in [0.3, 0.4) is 0 Å². The second kappa shape index (κ2) is 25.1. The van der Waals surface area contributed by atoms with Gasteiger partial charge in [-0.2, -0.15) is 0 Å². The van der Waals surface area contributed by atoms with Crippen molar-refractivity contribution >= 4 is 136 Å². The summed E-state index contributed by atoms with van der Waals surface area (Å²) in [5.74, 6) is 0. The van der Waals surface area contributed by atoms with Crippen molar-refractivity contribution in [2.45, 2.75) is 184 Å². The van der Waals surface area contributed by atoms with Crippen LogP contribution in [0.2, 0.25) is 0 Å². The molecule has 22 saturated heterocycles. The fraction of sp³-hybridized carbons (Fsp3) is 1.00.